The van der Waals surface area contributed by atoms with Crippen molar-refractivity contribution in [2.75, 3.05) is 0 Å². The molecule has 1 amide bonds. The molecule has 0 heterocycles. The molecule has 28 heavy (non-hydrogen) atoms. The van der Waals surface area contributed by atoms with Crippen LogP contribution in [0.3, 0.4) is 0 Å². The summed E-state index contributed by atoms with van der Waals surface area (Å²) in [5.74, 6) is -3.97. The predicted molar refractivity (Wildman–Crippen MR) is 104 cm³/mol. The molecule has 0 radical (unpaired) electrons. The minimum absolute atomic E-state index is 0.0261. The normalized spacial score (nSPS) is 43.7. The number of hydrogen-bond acceptors (Lipinski definition) is 2. The molecule has 0 saturated heterocycles. The highest BCUT2D eigenvalue weighted by Crippen LogP contribution is 2.69. The molecule has 5 heteroatoms. The molecule has 3 N–H and O–H groups in total. The van der Waals surface area contributed by atoms with Gasteiger partial charge in [-0.1, -0.05) is 30.3 Å². The van der Waals surface area contributed by atoms with Gasteiger partial charge < -0.3 is 11.1 Å². The number of benzene rings is 1. The van der Waals surface area contributed by atoms with Gasteiger partial charge in [-0.3, -0.25) is 4.79 Å². The molecule has 1 aromatic carbocycles. The van der Waals surface area contributed by atoms with Crippen LogP contribution >= 0.6 is 0 Å². The van der Waals surface area contributed by atoms with Gasteiger partial charge in [-0.15, -0.1) is 0 Å². The van der Waals surface area contributed by atoms with Crippen LogP contribution in [0.15, 0.2) is 30.3 Å². The quantitative estimate of drug-likeness (QED) is 0.817. The molecule has 2 unspecified atom stereocenters. The summed E-state index contributed by atoms with van der Waals surface area (Å²) in [6, 6.07) is 10.5. The summed E-state index contributed by atoms with van der Waals surface area (Å²) in [7, 11) is 0. The van der Waals surface area contributed by atoms with E-state index in [9.17, 15) is 13.6 Å². The van der Waals surface area contributed by atoms with Crippen LogP contribution in [0, 0.1) is 17.3 Å². The number of carbonyl (C=O) groups is 1. The third-order valence-corrected chi connectivity index (χ3v) is 8.29. The highest BCUT2D eigenvalue weighted by molar-refractivity contribution is 5.84. The van der Waals surface area contributed by atoms with E-state index in [2.05, 4.69) is 17.4 Å². The fourth-order valence-corrected chi connectivity index (χ4v) is 7.01. The Morgan fingerprint density at radius 1 is 0.964 bits per heavy atom. The monoisotopic (exact) mass is 388 g/mol. The first kappa shape index (κ1) is 18.5. The third kappa shape index (κ3) is 2.72. The Balaban J connectivity index is 1.44. The summed E-state index contributed by atoms with van der Waals surface area (Å²) in [5.41, 5.74) is 6.22. The molecule has 1 aromatic rings. The molecule has 5 saturated carbocycles. The number of rotatable bonds is 3. The molecule has 5 aliphatic carbocycles. The molecule has 0 aromatic heterocycles. The van der Waals surface area contributed by atoms with Gasteiger partial charge in [0.1, 0.15) is 0 Å². The molecule has 5 fully saturated rings. The van der Waals surface area contributed by atoms with Crippen molar-refractivity contribution in [1.29, 1.82) is 0 Å². The topological polar surface area (TPSA) is 55.1 Å². The van der Waals surface area contributed by atoms with E-state index in [-0.39, 0.29) is 23.4 Å². The molecule has 6 rings (SSSR count). The average molecular weight is 389 g/mol. The first-order valence-electron chi connectivity index (χ1n) is 10.8. The average Bonchev–Trinajstić information content (AvgIpc) is 2.68. The lowest BCUT2D eigenvalue weighted by Gasteiger charge is -2.64. The van der Waals surface area contributed by atoms with Gasteiger partial charge in [0.05, 0.1) is 5.41 Å². The van der Waals surface area contributed by atoms with Crippen molar-refractivity contribution in [1.82, 2.24) is 5.32 Å². The number of halogens is 2. The SMILES string of the molecule is NC1CCC(NC(=O)C23CC4CC(c5ccccc5)(CC(C2)C4(F)F)C3)CC1. The standard InChI is InChI=1S/C23H30F2N2O/c24-23(25)16-10-21(15-4-2-1-3-5-15)11-17(23)13-22(12-16,14-21)20(28)27-19-8-6-18(26)7-9-19/h1-5,16-19H,6-14,26H2,(H,27,28). The maximum atomic E-state index is 15.0. The van der Waals surface area contributed by atoms with Gasteiger partial charge in [0.15, 0.2) is 0 Å². The summed E-state index contributed by atoms with van der Waals surface area (Å²) in [6.07, 6.45) is 6.05. The summed E-state index contributed by atoms with van der Waals surface area (Å²) in [4.78, 5) is 13.4. The Hall–Kier alpha value is -1.49. The van der Waals surface area contributed by atoms with E-state index in [0.29, 0.717) is 32.1 Å². The number of hydrogen-bond donors (Lipinski definition) is 2. The second kappa shape index (κ2) is 6.25. The van der Waals surface area contributed by atoms with Crippen molar-refractivity contribution in [3.63, 3.8) is 0 Å². The Morgan fingerprint density at radius 2 is 1.57 bits per heavy atom. The van der Waals surface area contributed by atoms with Gasteiger partial charge in [-0.25, -0.2) is 8.78 Å². The van der Waals surface area contributed by atoms with E-state index in [4.69, 9.17) is 5.73 Å². The highest BCUT2D eigenvalue weighted by Gasteiger charge is 2.70. The summed E-state index contributed by atoms with van der Waals surface area (Å²) in [5, 5.41) is 3.25. The van der Waals surface area contributed by atoms with Crippen molar-refractivity contribution in [2.24, 2.45) is 23.0 Å². The van der Waals surface area contributed by atoms with Crippen LogP contribution < -0.4 is 11.1 Å². The van der Waals surface area contributed by atoms with Crippen LogP contribution in [0.5, 0.6) is 0 Å². The Bertz CT molecular complexity index is 739. The molecule has 5 aliphatic rings. The lowest BCUT2D eigenvalue weighted by atomic mass is 9.41. The first-order chi connectivity index (χ1) is 13.3. The zero-order valence-electron chi connectivity index (χ0n) is 16.3. The van der Waals surface area contributed by atoms with Crippen molar-refractivity contribution >= 4 is 5.91 Å². The predicted octanol–water partition coefficient (Wildman–Crippen LogP) is 4.16. The van der Waals surface area contributed by atoms with Crippen molar-refractivity contribution in [3.8, 4) is 0 Å². The molecule has 3 nitrogen and oxygen atoms in total. The second-order valence-corrected chi connectivity index (χ2v) is 10.1. The molecular weight excluding hydrogens is 358 g/mol. The Morgan fingerprint density at radius 3 is 2.18 bits per heavy atom. The molecule has 2 atom stereocenters. The van der Waals surface area contributed by atoms with E-state index < -0.39 is 23.2 Å². The van der Waals surface area contributed by atoms with Gasteiger partial charge in [0.25, 0.3) is 5.92 Å². The Labute approximate surface area is 165 Å². The van der Waals surface area contributed by atoms with E-state index in [1.165, 1.54) is 0 Å². The summed E-state index contributed by atoms with van der Waals surface area (Å²) < 4.78 is 30.0. The lowest BCUT2D eigenvalue weighted by Crippen LogP contribution is -2.66. The number of nitrogens with one attached hydrogen (secondary N) is 1. The van der Waals surface area contributed by atoms with Gasteiger partial charge in [0, 0.05) is 23.9 Å². The summed E-state index contributed by atoms with van der Waals surface area (Å²) >= 11 is 0. The zero-order valence-corrected chi connectivity index (χ0v) is 16.3. The Kier molecular flexibility index (Phi) is 4.14. The molecule has 0 spiro atoms. The van der Waals surface area contributed by atoms with Gasteiger partial charge in [-0.05, 0) is 68.8 Å². The van der Waals surface area contributed by atoms with Gasteiger partial charge in [0.2, 0.25) is 5.91 Å². The summed E-state index contributed by atoms with van der Waals surface area (Å²) in [6.45, 7) is 0. The first-order valence-corrected chi connectivity index (χ1v) is 10.8. The molecule has 152 valence electrons. The molecular formula is C23H30F2N2O. The fourth-order valence-electron chi connectivity index (χ4n) is 7.01. The zero-order chi connectivity index (χ0) is 19.6. The number of alkyl halides is 2. The van der Waals surface area contributed by atoms with Crippen molar-refractivity contribution < 1.29 is 13.6 Å². The minimum atomic E-state index is -2.64. The van der Waals surface area contributed by atoms with Gasteiger partial charge >= 0.3 is 0 Å². The second-order valence-electron chi connectivity index (χ2n) is 10.1. The number of amides is 1. The van der Waals surface area contributed by atoms with Crippen LogP contribution in [0.4, 0.5) is 8.78 Å². The van der Waals surface area contributed by atoms with Crippen LogP contribution in [0.25, 0.3) is 0 Å². The van der Waals surface area contributed by atoms with E-state index >= 15 is 0 Å². The van der Waals surface area contributed by atoms with E-state index in [1.807, 2.05) is 18.2 Å². The van der Waals surface area contributed by atoms with Crippen molar-refractivity contribution in [2.45, 2.75) is 81.2 Å². The van der Waals surface area contributed by atoms with Crippen LogP contribution in [-0.4, -0.2) is 23.9 Å². The highest BCUT2D eigenvalue weighted by atomic mass is 19.3. The number of carbonyl (C=O) groups excluding carboxylic acids is 1. The van der Waals surface area contributed by atoms with E-state index in [1.54, 1.807) is 0 Å². The van der Waals surface area contributed by atoms with Crippen LogP contribution in [0.2, 0.25) is 0 Å². The largest absolute Gasteiger partial charge is 0.353 e. The van der Waals surface area contributed by atoms with E-state index in [0.717, 1.165) is 31.2 Å². The number of nitrogens with two attached hydrogens (primary N) is 1. The third-order valence-electron chi connectivity index (χ3n) is 8.29. The van der Waals surface area contributed by atoms with Crippen LogP contribution in [-0.2, 0) is 10.2 Å². The lowest BCUT2D eigenvalue weighted by molar-refractivity contribution is -0.232. The molecule has 4 bridgehead atoms. The molecule has 0 aliphatic heterocycles. The van der Waals surface area contributed by atoms with Gasteiger partial charge in [-0.2, -0.15) is 0 Å². The minimum Gasteiger partial charge on any atom is -0.353 e. The maximum Gasteiger partial charge on any atom is 0.253 e. The van der Waals surface area contributed by atoms with Crippen LogP contribution in [0.1, 0.15) is 63.4 Å². The maximum absolute atomic E-state index is 15.0. The smallest absolute Gasteiger partial charge is 0.253 e. The van der Waals surface area contributed by atoms with Crippen molar-refractivity contribution in [3.05, 3.63) is 35.9 Å². The fraction of sp³-hybridized carbons (Fsp3) is 0.696.